The Morgan fingerprint density at radius 3 is 2.59 bits per heavy atom. The Morgan fingerprint density at radius 1 is 1.05 bits per heavy atom. The summed E-state index contributed by atoms with van der Waals surface area (Å²) in [6.45, 7) is 4.60. The highest BCUT2D eigenvalue weighted by Crippen LogP contribution is 2.64. The minimum atomic E-state index is -0.551. The summed E-state index contributed by atoms with van der Waals surface area (Å²) in [6, 6.07) is 0. The third-order valence-electron chi connectivity index (χ3n) is 8.05. The van der Waals surface area contributed by atoms with Gasteiger partial charge in [-0.25, -0.2) is 0 Å². The van der Waals surface area contributed by atoms with Crippen LogP contribution < -0.4 is 0 Å². The van der Waals surface area contributed by atoms with Gasteiger partial charge >= 0.3 is 0 Å². The van der Waals surface area contributed by atoms with Crippen LogP contribution in [-0.2, 0) is 0 Å². The highest BCUT2D eigenvalue weighted by atomic mass is 16.3. The summed E-state index contributed by atoms with van der Waals surface area (Å²) in [4.78, 5) is 0. The quantitative estimate of drug-likeness (QED) is 0.603. The second-order valence-electron chi connectivity index (χ2n) is 8.95. The maximum atomic E-state index is 10.5. The fourth-order valence-corrected chi connectivity index (χ4v) is 6.63. The van der Waals surface area contributed by atoms with Gasteiger partial charge in [0.25, 0.3) is 0 Å². The molecule has 3 nitrogen and oxygen atoms in total. The number of aliphatic hydroxyl groups is 3. The first-order valence-electron chi connectivity index (χ1n) is 9.10. The molecule has 3 N–H and O–H groups in total. The minimum absolute atomic E-state index is 0.101. The number of aliphatic hydroxyl groups excluding tert-OH is 3. The molecule has 22 heavy (non-hydrogen) atoms. The highest BCUT2D eigenvalue weighted by molar-refractivity contribution is 5.25. The second-order valence-corrected chi connectivity index (χ2v) is 8.95. The van der Waals surface area contributed by atoms with Gasteiger partial charge in [0.15, 0.2) is 0 Å². The van der Waals surface area contributed by atoms with Crippen molar-refractivity contribution in [2.45, 2.75) is 77.1 Å². The lowest BCUT2D eigenvalue weighted by molar-refractivity contribution is -0.0817. The van der Waals surface area contributed by atoms with Gasteiger partial charge in [0.05, 0.1) is 18.3 Å². The molecule has 4 aliphatic carbocycles. The fourth-order valence-electron chi connectivity index (χ4n) is 6.63. The second kappa shape index (κ2) is 4.81. The van der Waals surface area contributed by atoms with E-state index in [0.29, 0.717) is 17.8 Å². The van der Waals surface area contributed by atoms with E-state index in [1.165, 1.54) is 5.57 Å². The van der Waals surface area contributed by atoms with E-state index in [0.717, 1.165) is 44.9 Å². The molecule has 124 valence electrons. The van der Waals surface area contributed by atoms with Gasteiger partial charge in [-0.3, -0.25) is 0 Å². The van der Waals surface area contributed by atoms with Crippen LogP contribution in [0.4, 0.5) is 0 Å². The summed E-state index contributed by atoms with van der Waals surface area (Å²) in [5.41, 5.74) is 1.62. The number of hydrogen-bond donors (Lipinski definition) is 3. The van der Waals surface area contributed by atoms with Crippen molar-refractivity contribution in [3.63, 3.8) is 0 Å². The van der Waals surface area contributed by atoms with E-state index in [1.54, 1.807) is 0 Å². The zero-order valence-electron chi connectivity index (χ0n) is 13.8. The highest BCUT2D eigenvalue weighted by Gasteiger charge is 2.60. The zero-order chi connectivity index (χ0) is 15.7. The van der Waals surface area contributed by atoms with Gasteiger partial charge in [-0.15, -0.1) is 0 Å². The third-order valence-corrected chi connectivity index (χ3v) is 8.05. The molecule has 0 bridgehead atoms. The topological polar surface area (TPSA) is 60.7 Å². The summed E-state index contributed by atoms with van der Waals surface area (Å²) in [5, 5.41) is 30.7. The van der Waals surface area contributed by atoms with Crippen molar-refractivity contribution < 1.29 is 15.3 Å². The van der Waals surface area contributed by atoms with Crippen molar-refractivity contribution in [1.82, 2.24) is 0 Å². The van der Waals surface area contributed by atoms with E-state index in [9.17, 15) is 15.3 Å². The normalized spacial score (nSPS) is 57.6. The van der Waals surface area contributed by atoms with E-state index < -0.39 is 12.2 Å². The standard InChI is InChI=1S/C19H30O3/c1-18-7-5-12(20)9-11(18)3-4-13-14(18)6-8-19(2)15(13)10-16(21)17(19)22/h3,12-17,20-22H,4-10H2,1-2H3/t12?,13-,14+,15+,16?,17?,18+,19+/m1/s1. The van der Waals surface area contributed by atoms with Crippen LogP contribution in [0.2, 0.25) is 0 Å². The third kappa shape index (κ3) is 1.85. The van der Waals surface area contributed by atoms with Crippen LogP contribution in [0.15, 0.2) is 11.6 Å². The predicted octanol–water partition coefficient (Wildman–Crippen LogP) is 2.64. The van der Waals surface area contributed by atoms with Crippen molar-refractivity contribution in [3.05, 3.63) is 11.6 Å². The van der Waals surface area contributed by atoms with Gasteiger partial charge in [-0.1, -0.05) is 25.5 Å². The molecule has 0 aromatic rings. The molecule has 4 rings (SSSR count). The average molecular weight is 306 g/mol. The maximum absolute atomic E-state index is 10.5. The van der Waals surface area contributed by atoms with E-state index >= 15 is 0 Å². The summed E-state index contributed by atoms with van der Waals surface area (Å²) >= 11 is 0. The molecule has 0 aliphatic heterocycles. The lowest BCUT2D eigenvalue weighted by Gasteiger charge is -2.57. The molecule has 8 atom stereocenters. The molecule has 3 saturated carbocycles. The van der Waals surface area contributed by atoms with Gasteiger partial charge in [0.1, 0.15) is 0 Å². The molecule has 0 aromatic heterocycles. The van der Waals surface area contributed by atoms with Gasteiger partial charge in [-0.05, 0) is 73.5 Å². The first-order chi connectivity index (χ1) is 10.4. The van der Waals surface area contributed by atoms with Crippen molar-refractivity contribution in [2.75, 3.05) is 0 Å². The molecule has 3 heteroatoms. The molecule has 0 spiro atoms. The number of allylic oxidation sites excluding steroid dienone is 1. The molecule has 4 aliphatic rings. The number of hydrogen-bond acceptors (Lipinski definition) is 3. The molecule has 0 amide bonds. The summed E-state index contributed by atoms with van der Waals surface area (Å²) in [5.74, 6) is 1.70. The fraction of sp³-hybridized carbons (Fsp3) is 0.895. The largest absolute Gasteiger partial charge is 0.393 e. The molecule has 0 heterocycles. The number of fused-ring (bicyclic) bond motifs is 5. The van der Waals surface area contributed by atoms with Crippen molar-refractivity contribution in [2.24, 2.45) is 28.6 Å². The smallest absolute Gasteiger partial charge is 0.0855 e. The minimum Gasteiger partial charge on any atom is -0.393 e. The van der Waals surface area contributed by atoms with E-state index in [4.69, 9.17) is 0 Å². The van der Waals surface area contributed by atoms with Gasteiger partial charge < -0.3 is 15.3 Å². The van der Waals surface area contributed by atoms with Crippen LogP contribution in [0.25, 0.3) is 0 Å². The Labute approximate surface area is 133 Å². The first-order valence-corrected chi connectivity index (χ1v) is 9.10. The Balaban J connectivity index is 1.68. The zero-order valence-corrected chi connectivity index (χ0v) is 13.8. The van der Waals surface area contributed by atoms with E-state index in [1.807, 2.05) is 0 Å². The lowest BCUT2D eigenvalue weighted by Crippen LogP contribution is -2.51. The number of rotatable bonds is 0. The maximum Gasteiger partial charge on any atom is 0.0855 e. The van der Waals surface area contributed by atoms with Crippen LogP contribution in [0, 0.1) is 28.6 Å². The lowest BCUT2D eigenvalue weighted by atomic mass is 9.48. The molecule has 0 saturated heterocycles. The van der Waals surface area contributed by atoms with Crippen LogP contribution in [0.3, 0.4) is 0 Å². The molecular formula is C19H30O3. The monoisotopic (exact) mass is 306 g/mol. The average Bonchev–Trinajstić information content (AvgIpc) is 2.72. The van der Waals surface area contributed by atoms with Crippen molar-refractivity contribution in [3.8, 4) is 0 Å². The Morgan fingerprint density at radius 2 is 1.82 bits per heavy atom. The molecule has 3 fully saturated rings. The SMILES string of the molecule is C[C@]12CCC(O)CC1=CC[C@@H]1[C@@H]2CC[C@]2(C)C(O)C(O)C[C@@H]12. The van der Waals surface area contributed by atoms with Crippen LogP contribution in [-0.4, -0.2) is 33.6 Å². The first kappa shape index (κ1) is 15.2. The molecular weight excluding hydrogens is 276 g/mol. The van der Waals surface area contributed by atoms with Crippen LogP contribution in [0.1, 0.15) is 58.8 Å². The van der Waals surface area contributed by atoms with Crippen LogP contribution >= 0.6 is 0 Å². The van der Waals surface area contributed by atoms with Crippen molar-refractivity contribution in [1.29, 1.82) is 0 Å². The summed E-state index contributed by atoms with van der Waals surface area (Å²) in [6.07, 6.45) is 8.04. The van der Waals surface area contributed by atoms with E-state index in [2.05, 4.69) is 19.9 Å². The predicted molar refractivity (Wildman–Crippen MR) is 85.1 cm³/mol. The van der Waals surface area contributed by atoms with Gasteiger partial charge in [0.2, 0.25) is 0 Å². The summed E-state index contributed by atoms with van der Waals surface area (Å²) in [7, 11) is 0. The molecule has 3 unspecified atom stereocenters. The van der Waals surface area contributed by atoms with Gasteiger partial charge in [-0.2, -0.15) is 0 Å². The Kier molecular flexibility index (Phi) is 3.32. The molecule has 0 radical (unpaired) electrons. The Hall–Kier alpha value is -0.380. The molecule has 0 aromatic carbocycles. The van der Waals surface area contributed by atoms with Crippen LogP contribution in [0.5, 0.6) is 0 Å². The van der Waals surface area contributed by atoms with E-state index in [-0.39, 0.29) is 16.9 Å². The van der Waals surface area contributed by atoms with Gasteiger partial charge in [0, 0.05) is 0 Å². The van der Waals surface area contributed by atoms with Crippen molar-refractivity contribution >= 4 is 0 Å². The summed E-state index contributed by atoms with van der Waals surface area (Å²) < 4.78 is 0. The Bertz CT molecular complexity index is 501.